The van der Waals surface area contributed by atoms with Gasteiger partial charge >= 0.3 is 0 Å². The summed E-state index contributed by atoms with van der Waals surface area (Å²) in [4.78, 5) is 3.78. The maximum absolute atomic E-state index is 12.8. The number of sulfonamides is 1. The molecule has 1 N–H and O–H groups in total. The summed E-state index contributed by atoms with van der Waals surface area (Å²) in [6.45, 7) is 0. The SMILES string of the molecule is N#Cc1cccc(NS(=O)(=O)c2ccc(Oc3ccccc3-c3ccccc3)c(C#N)c2)n1. The summed E-state index contributed by atoms with van der Waals surface area (Å²) in [5.74, 6) is 0.764. The molecule has 0 fully saturated rings. The lowest BCUT2D eigenvalue weighted by Crippen LogP contribution is -2.14. The van der Waals surface area contributed by atoms with E-state index in [0.29, 0.717) is 5.75 Å². The molecule has 0 amide bonds. The number of nitrogens with zero attached hydrogens (tertiary/aromatic N) is 3. The molecule has 0 saturated carbocycles. The highest BCUT2D eigenvalue weighted by Crippen LogP contribution is 2.35. The number of hydrogen-bond acceptors (Lipinski definition) is 6. The molecular weight excluding hydrogens is 436 g/mol. The molecule has 160 valence electrons. The second-order valence-electron chi connectivity index (χ2n) is 6.86. The maximum Gasteiger partial charge on any atom is 0.263 e. The van der Waals surface area contributed by atoms with E-state index >= 15 is 0 Å². The molecule has 7 nitrogen and oxygen atoms in total. The van der Waals surface area contributed by atoms with Crippen LogP contribution >= 0.6 is 0 Å². The van der Waals surface area contributed by atoms with Crippen molar-refractivity contribution in [2.24, 2.45) is 0 Å². The molecule has 0 atom stereocenters. The Morgan fingerprint density at radius 3 is 2.30 bits per heavy atom. The van der Waals surface area contributed by atoms with Crippen LogP contribution < -0.4 is 9.46 Å². The third-order valence-corrected chi connectivity index (χ3v) is 6.03. The molecule has 0 radical (unpaired) electrons. The van der Waals surface area contributed by atoms with Crippen LogP contribution in [0.5, 0.6) is 11.5 Å². The standard InChI is InChI=1S/C25H16N4O3S/c26-16-19-15-21(33(30,31)29-25-12-6-9-20(17-27)28-25)13-14-23(19)32-24-11-5-4-10-22(24)18-7-2-1-3-8-18/h1-15H,(H,28,29). The Kier molecular flexibility index (Phi) is 6.03. The lowest BCUT2D eigenvalue weighted by Gasteiger charge is -2.13. The fraction of sp³-hybridized carbons (Fsp3) is 0. The van der Waals surface area contributed by atoms with Crippen LogP contribution in [0.2, 0.25) is 0 Å². The van der Waals surface area contributed by atoms with E-state index in [1.165, 1.54) is 36.4 Å². The van der Waals surface area contributed by atoms with Crippen LogP contribution in [0.3, 0.4) is 0 Å². The monoisotopic (exact) mass is 452 g/mol. The van der Waals surface area contributed by atoms with E-state index < -0.39 is 10.0 Å². The normalized spacial score (nSPS) is 10.6. The first kappa shape index (κ1) is 21.6. The molecule has 0 unspecified atom stereocenters. The van der Waals surface area contributed by atoms with Crippen molar-refractivity contribution in [2.45, 2.75) is 4.90 Å². The Morgan fingerprint density at radius 1 is 0.788 bits per heavy atom. The Morgan fingerprint density at radius 2 is 1.55 bits per heavy atom. The van der Waals surface area contributed by atoms with Crippen molar-refractivity contribution >= 4 is 15.8 Å². The van der Waals surface area contributed by atoms with E-state index in [1.807, 2.05) is 60.7 Å². The van der Waals surface area contributed by atoms with Crippen molar-refractivity contribution in [2.75, 3.05) is 4.72 Å². The van der Waals surface area contributed by atoms with Crippen molar-refractivity contribution in [1.29, 1.82) is 10.5 Å². The summed E-state index contributed by atoms with van der Waals surface area (Å²) in [5.41, 5.74) is 1.92. The van der Waals surface area contributed by atoms with Gasteiger partial charge in [0.15, 0.2) is 0 Å². The van der Waals surface area contributed by atoms with Gasteiger partial charge in [-0.1, -0.05) is 54.6 Å². The topological polar surface area (TPSA) is 116 Å². The summed E-state index contributed by atoms with van der Waals surface area (Å²) >= 11 is 0. The highest BCUT2D eigenvalue weighted by Gasteiger charge is 2.19. The minimum Gasteiger partial charge on any atom is -0.455 e. The second kappa shape index (κ2) is 9.23. The van der Waals surface area contributed by atoms with Gasteiger partial charge in [-0.3, -0.25) is 4.72 Å². The molecule has 4 rings (SSSR count). The predicted molar refractivity (Wildman–Crippen MR) is 123 cm³/mol. The van der Waals surface area contributed by atoms with Crippen molar-refractivity contribution in [3.8, 4) is 34.8 Å². The molecule has 1 aromatic heterocycles. The summed E-state index contributed by atoms with van der Waals surface area (Å²) in [6.07, 6.45) is 0. The van der Waals surface area contributed by atoms with Gasteiger partial charge in [-0.05, 0) is 42.0 Å². The predicted octanol–water partition coefficient (Wildman–Crippen LogP) is 5.09. The number of nitrogens with one attached hydrogen (secondary N) is 1. The average Bonchev–Trinajstić information content (AvgIpc) is 2.85. The van der Waals surface area contributed by atoms with E-state index in [4.69, 9.17) is 10.00 Å². The van der Waals surface area contributed by atoms with Crippen molar-refractivity contribution < 1.29 is 13.2 Å². The Labute approximate surface area is 191 Å². The smallest absolute Gasteiger partial charge is 0.263 e. The van der Waals surface area contributed by atoms with E-state index in [1.54, 1.807) is 6.07 Å². The van der Waals surface area contributed by atoms with E-state index in [-0.39, 0.29) is 27.7 Å². The summed E-state index contributed by atoms with van der Waals surface area (Å²) in [6, 6.07) is 29.3. The maximum atomic E-state index is 12.8. The van der Waals surface area contributed by atoms with Crippen LogP contribution in [0, 0.1) is 22.7 Å². The number of rotatable bonds is 6. The van der Waals surface area contributed by atoms with Gasteiger partial charge in [0.05, 0.1) is 10.5 Å². The van der Waals surface area contributed by atoms with Gasteiger partial charge in [0.1, 0.15) is 35.1 Å². The average molecular weight is 452 g/mol. The molecule has 3 aromatic carbocycles. The van der Waals surface area contributed by atoms with E-state index in [0.717, 1.165) is 11.1 Å². The van der Waals surface area contributed by atoms with E-state index in [9.17, 15) is 13.7 Å². The number of benzene rings is 3. The zero-order valence-electron chi connectivity index (χ0n) is 17.1. The van der Waals surface area contributed by atoms with Crippen molar-refractivity contribution in [3.05, 3.63) is 102 Å². The lowest BCUT2D eigenvalue weighted by atomic mass is 10.0. The number of nitriles is 2. The Hall–Kier alpha value is -4.66. The first-order valence-corrected chi connectivity index (χ1v) is 11.2. The molecule has 0 aliphatic carbocycles. The van der Waals surface area contributed by atoms with Gasteiger partial charge in [0.25, 0.3) is 10.0 Å². The van der Waals surface area contributed by atoms with E-state index in [2.05, 4.69) is 9.71 Å². The highest BCUT2D eigenvalue weighted by molar-refractivity contribution is 7.92. The number of pyridine rings is 1. The molecule has 0 spiro atoms. The van der Waals surface area contributed by atoms with Gasteiger partial charge in [0.2, 0.25) is 0 Å². The molecule has 0 aliphatic heterocycles. The van der Waals surface area contributed by atoms with Gasteiger partial charge in [-0.2, -0.15) is 10.5 Å². The van der Waals surface area contributed by atoms with Crippen LogP contribution in [0.4, 0.5) is 5.82 Å². The van der Waals surface area contributed by atoms with Gasteiger partial charge < -0.3 is 4.74 Å². The lowest BCUT2D eigenvalue weighted by molar-refractivity contribution is 0.482. The molecule has 1 heterocycles. The Balaban J connectivity index is 1.65. The summed E-state index contributed by atoms with van der Waals surface area (Å²) < 4.78 is 33.9. The van der Waals surface area contributed by atoms with Crippen molar-refractivity contribution in [3.63, 3.8) is 0 Å². The minimum atomic E-state index is -4.04. The fourth-order valence-electron chi connectivity index (χ4n) is 3.13. The zero-order valence-corrected chi connectivity index (χ0v) is 18.0. The number of hydrogen-bond donors (Lipinski definition) is 1. The second-order valence-corrected chi connectivity index (χ2v) is 8.54. The third kappa shape index (κ3) is 4.82. The molecule has 0 bridgehead atoms. The third-order valence-electron chi connectivity index (χ3n) is 4.68. The van der Waals surface area contributed by atoms with Crippen LogP contribution in [0.15, 0.2) is 95.9 Å². The fourth-order valence-corrected chi connectivity index (χ4v) is 4.16. The van der Waals surface area contributed by atoms with Gasteiger partial charge in [-0.25, -0.2) is 13.4 Å². The zero-order chi connectivity index (χ0) is 23.3. The van der Waals surface area contributed by atoms with Crippen LogP contribution in [0.25, 0.3) is 11.1 Å². The summed E-state index contributed by atoms with van der Waals surface area (Å²) in [7, 11) is -4.04. The number of para-hydroxylation sites is 1. The molecule has 0 saturated heterocycles. The molecule has 8 heteroatoms. The van der Waals surface area contributed by atoms with Gasteiger partial charge in [-0.15, -0.1) is 0 Å². The quantitative estimate of drug-likeness (QED) is 0.436. The van der Waals surface area contributed by atoms with Crippen LogP contribution in [-0.4, -0.2) is 13.4 Å². The highest BCUT2D eigenvalue weighted by atomic mass is 32.2. The van der Waals surface area contributed by atoms with Crippen molar-refractivity contribution in [1.82, 2.24) is 4.98 Å². The number of ether oxygens (including phenoxy) is 1. The largest absolute Gasteiger partial charge is 0.455 e. The van der Waals surface area contributed by atoms with Gasteiger partial charge in [0, 0.05) is 5.56 Å². The van der Waals surface area contributed by atoms with Crippen LogP contribution in [0.1, 0.15) is 11.3 Å². The van der Waals surface area contributed by atoms with Crippen LogP contribution in [-0.2, 0) is 10.0 Å². The minimum absolute atomic E-state index is 0.00433. The number of anilines is 1. The molecule has 4 aromatic rings. The first-order chi connectivity index (χ1) is 16.0. The first-order valence-electron chi connectivity index (χ1n) is 9.76. The molecule has 0 aliphatic rings. The molecule has 33 heavy (non-hydrogen) atoms. The Bertz CT molecular complexity index is 1500. The summed E-state index contributed by atoms with van der Waals surface area (Å²) in [5, 5.41) is 18.6. The number of aromatic nitrogens is 1. The molecular formula is C25H16N4O3S.